The van der Waals surface area contributed by atoms with Gasteiger partial charge in [-0.25, -0.2) is 5.43 Å². The number of hydrogen-bond donors (Lipinski definition) is 3. The van der Waals surface area contributed by atoms with E-state index in [2.05, 4.69) is 10.5 Å². The average molecular weight is 158 g/mol. The molecule has 6 heteroatoms. The third-order valence-electron chi connectivity index (χ3n) is 0.799. The van der Waals surface area contributed by atoms with Gasteiger partial charge in [-0.3, -0.25) is 4.79 Å². The van der Waals surface area contributed by atoms with Crippen molar-refractivity contribution in [2.45, 2.75) is 12.8 Å². The van der Waals surface area contributed by atoms with E-state index < -0.39 is 0 Å². The van der Waals surface area contributed by atoms with E-state index in [1.54, 1.807) is 0 Å². The maximum atomic E-state index is 10.6. The number of hydrogen-bond acceptors (Lipinski definition) is 3. The Morgan fingerprint density at radius 1 is 1.55 bits per heavy atom. The maximum Gasteiger partial charge on any atom is 0.240 e. The number of rotatable bonds is 4. The molecule has 0 aromatic heterocycles. The molecule has 0 saturated heterocycles. The SMILES string of the molecule is NC(N)=NNC(=O)CCC=O. The molecule has 0 aromatic rings. The maximum absolute atomic E-state index is 10.6. The Hall–Kier alpha value is -1.59. The quantitative estimate of drug-likeness (QED) is 0.195. The van der Waals surface area contributed by atoms with Crippen molar-refractivity contribution in [2.75, 3.05) is 0 Å². The fraction of sp³-hybridized carbons (Fsp3) is 0.400. The Morgan fingerprint density at radius 3 is 2.64 bits per heavy atom. The number of carbonyl (C=O) groups is 2. The van der Waals surface area contributed by atoms with Gasteiger partial charge in [-0.1, -0.05) is 0 Å². The summed E-state index contributed by atoms with van der Waals surface area (Å²) < 4.78 is 0. The summed E-state index contributed by atoms with van der Waals surface area (Å²) in [6, 6.07) is 0. The first-order chi connectivity index (χ1) is 5.16. The molecule has 0 spiro atoms. The van der Waals surface area contributed by atoms with Gasteiger partial charge in [-0.2, -0.15) is 0 Å². The van der Waals surface area contributed by atoms with Crippen LogP contribution in [0.1, 0.15) is 12.8 Å². The third kappa shape index (κ3) is 6.29. The van der Waals surface area contributed by atoms with E-state index >= 15 is 0 Å². The summed E-state index contributed by atoms with van der Waals surface area (Å²) in [5.41, 5.74) is 11.9. The fourth-order valence-electron chi connectivity index (χ4n) is 0.373. The minimum Gasteiger partial charge on any atom is -0.369 e. The summed E-state index contributed by atoms with van der Waals surface area (Å²) in [7, 11) is 0. The van der Waals surface area contributed by atoms with Gasteiger partial charge in [0.25, 0.3) is 0 Å². The molecule has 0 aliphatic heterocycles. The van der Waals surface area contributed by atoms with Gasteiger partial charge in [0.2, 0.25) is 11.9 Å². The van der Waals surface area contributed by atoms with Crippen molar-refractivity contribution in [2.24, 2.45) is 16.6 Å². The Bertz CT molecular complexity index is 173. The molecule has 0 aromatic carbocycles. The second-order valence-corrected chi connectivity index (χ2v) is 1.78. The molecule has 0 aliphatic carbocycles. The molecule has 0 atom stereocenters. The van der Waals surface area contributed by atoms with Crippen LogP contribution < -0.4 is 16.9 Å². The van der Waals surface area contributed by atoms with Gasteiger partial charge < -0.3 is 16.3 Å². The highest BCUT2D eigenvalue weighted by molar-refractivity contribution is 5.81. The van der Waals surface area contributed by atoms with Crippen LogP contribution in [0.2, 0.25) is 0 Å². The lowest BCUT2D eigenvalue weighted by Crippen LogP contribution is -2.28. The lowest BCUT2D eigenvalue weighted by atomic mass is 10.3. The highest BCUT2D eigenvalue weighted by atomic mass is 16.2. The Morgan fingerprint density at radius 2 is 2.18 bits per heavy atom. The summed E-state index contributed by atoms with van der Waals surface area (Å²) in [6.07, 6.45) is 0.918. The molecular formula is C5H10N4O2. The van der Waals surface area contributed by atoms with Crippen molar-refractivity contribution in [1.82, 2.24) is 5.43 Å². The minimum atomic E-state index is -0.384. The van der Waals surface area contributed by atoms with Gasteiger partial charge in [0.15, 0.2) is 0 Å². The normalized spacial score (nSPS) is 8.36. The Kier molecular flexibility index (Phi) is 4.46. The number of nitrogens with zero attached hydrogens (tertiary/aromatic N) is 1. The monoisotopic (exact) mass is 158 g/mol. The second kappa shape index (κ2) is 5.21. The average Bonchev–Trinajstić information content (AvgIpc) is 1.97. The van der Waals surface area contributed by atoms with Crippen molar-refractivity contribution >= 4 is 18.2 Å². The highest BCUT2D eigenvalue weighted by Gasteiger charge is 1.97. The minimum absolute atomic E-state index is 0.0975. The van der Waals surface area contributed by atoms with Gasteiger partial charge in [0, 0.05) is 12.8 Å². The molecule has 1 amide bonds. The first-order valence-corrected chi connectivity index (χ1v) is 2.98. The zero-order valence-corrected chi connectivity index (χ0v) is 5.91. The number of guanidine groups is 1. The summed E-state index contributed by atoms with van der Waals surface area (Å²) >= 11 is 0. The number of aldehydes is 1. The van der Waals surface area contributed by atoms with Crippen molar-refractivity contribution in [3.63, 3.8) is 0 Å². The Labute approximate surface area is 63.6 Å². The van der Waals surface area contributed by atoms with Crippen LogP contribution in [0.4, 0.5) is 0 Å². The lowest BCUT2D eigenvalue weighted by Gasteiger charge is -1.95. The number of amides is 1. The number of hydrazone groups is 1. The summed E-state index contributed by atoms with van der Waals surface area (Å²) in [5, 5.41) is 3.23. The third-order valence-corrected chi connectivity index (χ3v) is 0.799. The van der Waals surface area contributed by atoms with Crippen LogP contribution in [0.25, 0.3) is 0 Å². The first kappa shape index (κ1) is 9.41. The van der Waals surface area contributed by atoms with Crippen molar-refractivity contribution < 1.29 is 9.59 Å². The van der Waals surface area contributed by atoms with Gasteiger partial charge in [-0.15, -0.1) is 5.10 Å². The van der Waals surface area contributed by atoms with Crippen LogP contribution in [0, 0.1) is 0 Å². The van der Waals surface area contributed by atoms with Crippen LogP contribution in [-0.4, -0.2) is 18.2 Å². The van der Waals surface area contributed by atoms with Crippen LogP contribution in [-0.2, 0) is 9.59 Å². The molecule has 11 heavy (non-hydrogen) atoms. The topological polar surface area (TPSA) is 111 Å². The number of nitrogens with two attached hydrogens (primary N) is 2. The van der Waals surface area contributed by atoms with E-state index in [0.717, 1.165) is 0 Å². The van der Waals surface area contributed by atoms with Gasteiger partial charge >= 0.3 is 0 Å². The van der Waals surface area contributed by atoms with Crippen LogP contribution in [0.15, 0.2) is 5.10 Å². The van der Waals surface area contributed by atoms with E-state index in [4.69, 9.17) is 11.5 Å². The van der Waals surface area contributed by atoms with Crippen LogP contribution in [0.3, 0.4) is 0 Å². The predicted molar refractivity (Wildman–Crippen MR) is 39.3 cm³/mol. The van der Waals surface area contributed by atoms with Gasteiger partial charge in [0.05, 0.1) is 0 Å². The Balaban J connectivity index is 3.53. The van der Waals surface area contributed by atoms with Crippen molar-refractivity contribution in [3.05, 3.63) is 0 Å². The lowest BCUT2D eigenvalue weighted by molar-refractivity contribution is -0.122. The zero-order chi connectivity index (χ0) is 8.69. The van der Waals surface area contributed by atoms with E-state index in [1.165, 1.54) is 0 Å². The molecule has 0 bridgehead atoms. The predicted octanol–water partition coefficient (Wildman–Crippen LogP) is -1.73. The molecule has 0 fully saturated rings. The van der Waals surface area contributed by atoms with Crippen molar-refractivity contribution in [3.8, 4) is 0 Å². The summed E-state index contributed by atoms with van der Waals surface area (Å²) in [6.45, 7) is 0. The van der Waals surface area contributed by atoms with E-state index in [1.807, 2.05) is 0 Å². The molecule has 6 nitrogen and oxygen atoms in total. The van der Waals surface area contributed by atoms with E-state index in [-0.39, 0.29) is 24.7 Å². The number of nitrogens with one attached hydrogen (secondary N) is 1. The smallest absolute Gasteiger partial charge is 0.240 e. The molecule has 0 heterocycles. The van der Waals surface area contributed by atoms with E-state index in [9.17, 15) is 9.59 Å². The molecule has 0 saturated carbocycles. The molecule has 62 valence electrons. The van der Waals surface area contributed by atoms with E-state index in [0.29, 0.717) is 6.29 Å². The molecule has 0 radical (unpaired) electrons. The largest absolute Gasteiger partial charge is 0.369 e. The zero-order valence-electron chi connectivity index (χ0n) is 5.91. The van der Waals surface area contributed by atoms with Crippen LogP contribution in [0.5, 0.6) is 0 Å². The molecule has 5 N–H and O–H groups in total. The standard InChI is InChI=1S/C5H10N4O2/c6-5(7)9-8-4(11)2-1-3-10/h3H,1-2H2,(H,8,11)(H4,6,7,9). The molecular weight excluding hydrogens is 148 g/mol. The highest BCUT2D eigenvalue weighted by Crippen LogP contribution is 1.82. The summed E-state index contributed by atoms with van der Waals surface area (Å²) in [4.78, 5) is 20.4. The van der Waals surface area contributed by atoms with Gasteiger partial charge in [0.1, 0.15) is 6.29 Å². The van der Waals surface area contributed by atoms with Gasteiger partial charge in [-0.05, 0) is 0 Å². The van der Waals surface area contributed by atoms with Crippen LogP contribution >= 0.6 is 0 Å². The number of carbonyl (C=O) groups excluding carboxylic acids is 2. The second-order valence-electron chi connectivity index (χ2n) is 1.78. The summed E-state index contributed by atoms with van der Waals surface area (Å²) in [5.74, 6) is -0.602. The molecule has 0 rings (SSSR count). The molecule has 0 unspecified atom stereocenters. The first-order valence-electron chi connectivity index (χ1n) is 2.98. The fourth-order valence-corrected chi connectivity index (χ4v) is 0.373. The molecule has 0 aliphatic rings. The van der Waals surface area contributed by atoms with Crippen molar-refractivity contribution in [1.29, 1.82) is 0 Å².